The van der Waals surface area contributed by atoms with E-state index in [0.29, 0.717) is 24.5 Å². The van der Waals surface area contributed by atoms with E-state index in [1.807, 2.05) is 12.1 Å². The molecular weight excluding hydrogens is 308 g/mol. The van der Waals surface area contributed by atoms with Crippen molar-refractivity contribution in [2.24, 2.45) is 0 Å². The van der Waals surface area contributed by atoms with Crippen molar-refractivity contribution in [1.29, 1.82) is 0 Å². The highest BCUT2D eigenvalue weighted by atomic mass is 16.5. The van der Waals surface area contributed by atoms with Crippen LogP contribution < -0.4 is 10.1 Å². The number of rotatable bonds is 4. The van der Waals surface area contributed by atoms with E-state index in [1.54, 1.807) is 12.1 Å². The molecule has 0 atom stereocenters. The number of ether oxygens (including phenoxy) is 1. The van der Waals surface area contributed by atoms with Crippen LogP contribution in [-0.4, -0.2) is 34.9 Å². The molecule has 1 saturated carbocycles. The van der Waals surface area contributed by atoms with Gasteiger partial charge in [0.1, 0.15) is 17.8 Å². The van der Waals surface area contributed by atoms with E-state index in [-0.39, 0.29) is 12.5 Å². The van der Waals surface area contributed by atoms with Crippen molar-refractivity contribution in [2.45, 2.75) is 51.0 Å². The Balaban J connectivity index is 1.66. The van der Waals surface area contributed by atoms with Gasteiger partial charge in [-0.3, -0.25) is 9.69 Å². The molecule has 0 aromatic heterocycles. The van der Waals surface area contributed by atoms with E-state index in [9.17, 15) is 14.4 Å². The third kappa shape index (κ3) is 3.00. The minimum Gasteiger partial charge on any atom is -0.425 e. The number of amides is 3. The Morgan fingerprint density at radius 2 is 2.00 bits per heavy atom. The number of hydrogen-bond donors (Lipinski definition) is 1. The Morgan fingerprint density at radius 1 is 1.29 bits per heavy atom. The SMILES string of the molecule is CC(C)c1cccc(OC(=O)CN2C(=O)NC3(CCCC3)C2=O)c1. The van der Waals surface area contributed by atoms with Gasteiger partial charge in [-0.05, 0) is 36.5 Å². The minimum atomic E-state index is -0.797. The van der Waals surface area contributed by atoms with Crippen molar-refractivity contribution < 1.29 is 19.1 Å². The standard InChI is InChI=1S/C18H22N2O4/c1-12(2)13-6-5-7-14(10-13)24-15(21)11-20-16(22)18(19-17(20)23)8-3-4-9-18/h5-7,10,12H,3-4,8-9,11H2,1-2H3,(H,19,23). The Morgan fingerprint density at radius 3 is 2.67 bits per heavy atom. The molecule has 24 heavy (non-hydrogen) atoms. The van der Waals surface area contributed by atoms with E-state index in [0.717, 1.165) is 23.3 Å². The number of benzene rings is 1. The molecular formula is C18H22N2O4. The molecule has 1 N–H and O–H groups in total. The highest BCUT2D eigenvalue weighted by Gasteiger charge is 2.52. The third-order valence-corrected chi connectivity index (χ3v) is 4.75. The number of urea groups is 1. The molecule has 6 heteroatoms. The zero-order valence-electron chi connectivity index (χ0n) is 14.0. The van der Waals surface area contributed by atoms with E-state index >= 15 is 0 Å². The quantitative estimate of drug-likeness (QED) is 0.523. The van der Waals surface area contributed by atoms with E-state index in [2.05, 4.69) is 19.2 Å². The van der Waals surface area contributed by atoms with E-state index in [1.165, 1.54) is 0 Å². The molecule has 0 bridgehead atoms. The maximum absolute atomic E-state index is 12.5. The maximum Gasteiger partial charge on any atom is 0.331 e. The minimum absolute atomic E-state index is 0.308. The van der Waals surface area contributed by atoms with Gasteiger partial charge in [0.25, 0.3) is 5.91 Å². The van der Waals surface area contributed by atoms with Gasteiger partial charge in [0.05, 0.1) is 0 Å². The Kier molecular flexibility index (Phi) is 4.30. The zero-order valence-corrected chi connectivity index (χ0v) is 14.0. The first-order valence-corrected chi connectivity index (χ1v) is 8.36. The maximum atomic E-state index is 12.5. The summed E-state index contributed by atoms with van der Waals surface area (Å²) < 4.78 is 5.30. The van der Waals surface area contributed by atoms with Crippen LogP contribution in [0.4, 0.5) is 4.79 Å². The summed E-state index contributed by atoms with van der Waals surface area (Å²) in [6.45, 7) is 3.74. The van der Waals surface area contributed by atoms with Crippen LogP contribution in [0.2, 0.25) is 0 Å². The number of carbonyl (C=O) groups is 3. The van der Waals surface area contributed by atoms with Crippen LogP contribution in [0, 0.1) is 0 Å². The van der Waals surface area contributed by atoms with Crippen molar-refractivity contribution >= 4 is 17.9 Å². The Bertz CT molecular complexity index is 677. The number of nitrogens with zero attached hydrogens (tertiary/aromatic N) is 1. The molecule has 2 aliphatic rings. The van der Waals surface area contributed by atoms with Gasteiger partial charge in [0, 0.05) is 0 Å². The first-order valence-electron chi connectivity index (χ1n) is 8.36. The molecule has 0 radical (unpaired) electrons. The van der Waals surface area contributed by atoms with Crippen molar-refractivity contribution in [3.05, 3.63) is 29.8 Å². The van der Waals surface area contributed by atoms with Crippen molar-refractivity contribution in [3.8, 4) is 5.75 Å². The molecule has 1 aromatic rings. The van der Waals surface area contributed by atoms with Crippen LogP contribution in [0.15, 0.2) is 24.3 Å². The summed E-state index contributed by atoms with van der Waals surface area (Å²) in [6, 6.07) is 6.76. The zero-order chi connectivity index (χ0) is 17.3. The molecule has 3 rings (SSSR count). The van der Waals surface area contributed by atoms with Gasteiger partial charge in [-0.2, -0.15) is 0 Å². The van der Waals surface area contributed by atoms with Gasteiger partial charge in [-0.15, -0.1) is 0 Å². The fourth-order valence-electron chi connectivity index (χ4n) is 3.37. The first kappa shape index (κ1) is 16.5. The highest BCUT2D eigenvalue weighted by Crippen LogP contribution is 2.35. The lowest BCUT2D eigenvalue weighted by molar-refractivity contribution is -0.140. The van der Waals surface area contributed by atoms with E-state index < -0.39 is 17.5 Å². The summed E-state index contributed by atoms with van der Waals surface area (Å²) in [5, 5.41) is 2.75. The molecule has 0 unspecified atom stereocenters. The van der Waals surface area contributed by atoms with Gasteiger partial charge < -0.3 is 10.1 Å². The highest BCUT2D eigenvalue weighted by molar-refractivity contribution is 6.08. The van der Waals surface area contributed by atoms with Crippen LogP contribution in [0.5, 0.6) is 5.75 Å². The van der Waals surface area contributed by atoms with Crippen LogP contribution >= 0.6 is 0 Å². The fraction of sp³-hybridized carbons (Fsp3) is 0.500. The normalized spacial score (nSPS) is 19.2. The molecule has 1 aliphatic heterocycles. The molecule has 128 valence electrons. The summed E-state index contributed by atoms with van der Waals surface area (Å²) >= 11 is 0. The first-order chi connectivity index (χ1) is 11.4. The Labute approximate surface area is 141 Å². The molecule has 3 amide bonds. The summed E-state index contributed by atoms with van der Waals surface area (Å²) in [4.78, 5) is 37.7. The second-order valence-corrected chi connectivity index (χ2v) is 6.81. The molecule has 1 aromatic carbocycles. The second-order valence-electron chi connectivity index (χ2n) is 6.81. The van der Waals surface area contributed by atoms with Crippen molar-refractivity contribution in [1.82, 2.24) is 10.2 Å². The largest absolute Gasteiger partial charge is 0.425 e. The van der Waals surface area contributed by atoms with Crippen LogP contribution in [0.3, 0.4) is 0 Å². The van der Waals surface area contributed by atoms with Gasteiger partial charge in [-0.25, -0.2) is 9.59 Å². The summed E-state index contributed by atoms with van der Waals surface area (Å²) in [5.41, 5.74) is 0.259. The van der Waals surface area contributed by atoms with Crippen molar-refractivity contribution in [2.75, 3.05) is 6.54 Å². The molecule has 6 nitrogen and oxygen atoms in total. The van der Waals surface area contributed by atoms with Crippen LogP contribution in [-0.2, 0) is 9.59 Å². The predicted octanol–water partition coefficient (Wildman–Crippen LogP) is 2.58. The number of nitrogens with one attached hydrogen (secondary N) is 1. The molecule has 1 aliphatic carbocycles. The number of carbonyl (C=O) groups excluding carboxylic acids is 3. The summed E-state index contributed by atoms with van der Waals surface area (Å²) in [6.07, 6.45) is 3.09. The van der Waals surface area contributed by atoms with Gasteiger partial charge >= 0.3 is 12.0 Å². The van der Waals surface area contributed by atoms with Gasteiger partial charge in [-0.1, -0.05) is 38.8 Å². The predicted molar refractivity (Wildman–Crippen MR) is 87.6 cm³/mol. The number of imide groups is 1. The van der Waals surface area contributed by atoms with Crippen LogP contribution in [0.1, 0.15) is 51.0 Å². The summed E-state index contributed by atoms with van der Waals surface area (Å²) in [7, 11) is 0. The smallest absolute Gasteiger partial charge is 0.331 e. The van der Waals surface area contributed by atoms with Gasteiger partial charge in [0.15, 0.2) is 0 Å². The topological polar surface area (TPSA) is 75.7 Å². The van der Waals surface area contributed by atoms with Crippen molar-refractivity contribution in [3.63, 3.8) is 0 Å². The number of esters is 1. The monoisotopic (exact) mass is 330 g/mol. The van der Waals surface area contributed by atoms with Crippen LogP contribution in [0.25, 0.3) is 0 Å². The molecule has 1 saturated heterocycles. The average molecular weight is 330 g/mol. The number of hydrogen-bond acceptors (Lipinski definition) is 4. The lowest BCUT2D eigenvalue weighted by atomic mass is 9.98. The third-order valence-electron chi connectivity index (χ3n) is 4.75. The lowest BCUT2D eigenvalue weighted by Crippen LogP contribution is -2.44. The molecule has 1 heterocycles. The second kappa shape index (κ2) is 6.26. The molecule has 1 spiro atoms. The van der Waals surface area contributed by atoms with E-state index in [4.69, 9.17) is 4.74 Å². The average Bonchev–Trinajstić information content (AvgIpc) is 3.09. The van der Waals surface area contributed by atoms with Gasteiger partial charge in [0.2, 0.25) is 0 Å². The fourth-order valence-corrected chi connectivity index (χ4v) is 3.37. The Hall–Kier alpha value is -2.37. The summed E-state index contributed by atoms with van der Waals surface area (Å²) in [5.74, 6) is -0.182. The lowest BCUT2D eigenvalue weighted by Gasteiger charge is -2.19. The molecule has 2 fully saturated rings.